The number of nitrogens with one attached hydrogen (secondary N) is 1. The third-order valence-electron chi connectivity index (χ3n) is 4.98. The number of fused-ring (bicyclic) bond motifs is 1. The molecule has 0 spiro atoms. The van der Waals surface area contributed by atoms with E-state index < -0.39 is 23.6 Å². The molecule has 1 aliphatic rings. The van der Waals surface area contributed by atoms with Crippen molar-refractivity contribution >= 4 is 36.8 Å². The van der Waals surface area contributed by atoms with Crippen molar-refractivity contribution in [2.24, 2.45) is 0 Å². The molecule has 0 saturated carbocycles. The number of aromatic nitrogens is 4. The molecule has 1 N–H and O–H groups in total. The number of carbonyl (C=O) groups excluding carboxylic acids is 2. The van der Waals surface area contributed by atoms with Crippen molar-refractivity contribution in [2.75, 3.05) is 16.8 Å². The molecule has 0 unspecified atom stereocenters. The largest absolute Gasteiger partial charge is 0.416 e. The number of alkyl halides is 3. The van der Waals surface area contributed by atoms with Crippen LogP contribution < -0.4 is 10.2 Å². The Hall–Kier alpha value is -3.41. The first-order chi connectivity index (χ1) is 14.7. The number of amides is 2. The van der Waals surface area contributed by atoms with Gasteiger partial charge >= 0.3 is 6.18 Å². The van der Waals surface area contributed by atoms with E-state index in [0.717, 1.165) is 6.07 Å². The molecule has 0 bridgehead atoms. The topological polar surface area (TPSA) is 93.0 Å². The molecule has 8 nitrogen and oxygen atoms in total. The van der Waals surface area contributed by atoms with Gasteiger partial charge in [0, 0.05) is 24.6 Å². The number of anilines is 2. The molecule has 0 saturated heterocycles. The summed E-state index contributed by atoms with van der Waals surface area (Å²) in [5.41, 5.74) is -0.350. The minimum atomic E-state index is -4.48. The fourth-order valence-electron chi connectivity index (χ4n) is 3.53. The van der Waals surface area contributed by atoms with E-state index >= 15 is 0 Å². The summed E-state index contributed by atoms with van der Waals surface area (Å²) in [6, 6.07) is 3.23. The predicted octanol–water partition coefficient (Wildman–Crippen LogP) is 4.22. The number of hydrogen-bond acceptors (Lipinski definition) is 5. The summed E-state index contributed by atoms with van der Waals surface area (Å²) in [5.74, 6) is -0.911. The van der Waals surface area contributed by atoms with Crippen molar-refractivity contribution in [3.8, 4) is 0 Å². The van der Waals surface area contributed by atoms with Crippen LogP contribution in [0, 0.1) is 6.92 Å². The molecule has 0 radical (unpaired) electrons. The molecule has 1 aliphatic heterocycles. The second kappa shape index (κ2) is 9.61. The summed E-state index contributed by atoms with van der Waals surface area (Å²) in [4.78, 5) is 35.1. The number of rotatable bonds is 3. The average molecular weight is 481 g/mol. The fourth-order valence-corrected chi connectivity index (χ4v) is 3.53. The zero-order valence-corrected chi connectivity index (χ0v) is 18.0. The normalized spacial score (nSPS) is 15.2. The van der Waals surface area contributed by atoms with Gasteiger partial charge in [0.1, 0.15) is 5.69 Å². The van der Waals surface area contributed by atoms with Gasteiger partial charge in [-0.2, -0.15) is 31.8 Å². The van der Waals surface area contributed by atoms with Crippen LogP contribution in [0.1, 0.15) is 52.4 Å². The number of aryl methyl sites for hydroxylation is 1. The molecule has 3 heterocycles. The van der Waals surface area contributed by atoms with Gasteiger partial charge in [0.15, 0.2) is 5.82 Å². The van der Waals surface area contributed by atoms with Crippen LogP contribution in [-0.4, -0.2) is 38.1 Å². The van der Waals surface area contributed by atoms with Crippen LogP contribution in [0.3, 0.4) is 0 Å². The van der Waals surface area contributed by atoms with Crippen LogP contribution in [0.5, 0.6) is 0 Å². The Bertz CT molecular complexity index is 1170. The highest BCUT2D eigenvalue weighted by molar-refractivity contribution is 7.59. The van der Waals surface area contributed by atoms with Crippen molar-refractivity contribution in [1.29, 1.82) is 0 Å². The molecule has 2 amide bonds. The van der Waals surface area contributed by atoms with Gasteiger partial charge in [-0.1, -0.05) is 7.43 Å². The predicted molar refractivity (Wildman–Crippen MR) is 122 cm³/mol. The minimum absolute atomic E-state index is 0. The van der Waals surface area contributed by atoms with Crippen molar-refractivity contribution in [3.63, 3.8) is 0 Å². The van der Waals surface area contributed by atoms with Crippen molar-refractivity contribution in [2.45, 2.75) is 33.5 Å². The van der Waals surface area contributed by atoms with Gasteiger partial charge < -0.3 is 10.2 Å². The second-order valence-corrected chi connectivity index (χ2v) is 7.16. The van der Waals surface area contributed by atoms with Gasteiger partial charge in [-0.05, 0) is 37.6 Å². The number of hydrogen-bond donors (Lipinski definition) is 1. The first kappa shape index (κ1) is 25.8. The summed E-state index contributed by atoms with van der Waals surface area (Å²) in [6.07, 6.45) is 1.02. The highest BCUT2D eigenvalue weighted by Gasteiger charge is 2.37. The smallest absolute Gasteiger partial charge is 0.305 e. The van der Waals surface area contributed by atoms with Crippen LogP contribution in [0.25, 0.3) is 0 Å². The first-order valence-electron chi connectivity index (χ1n) is 9.31. The highest BCUT2D eigenvalue weighted by Crippen LogP contribution is 2.35. The molecule has 2 aromatic heterocycles. The Morgan fingerprint density at radius 1 is 1.21 bits per heavy atom. The lowest BCUT2D eigenvalue weighted by Crippen LogP contribution is -2.43. The van der Waals surface area contributed by atoms with Crippen LogP contribution >= 0.6 is 13.5 Å². The lowest BCUT2D eigenvalue weighted by molar-refractivity contribution is -0.138. The maximum Gasteiger partial charge on any atom is 0.416 e. The van der Waals surface area contributed by atoms with E-state index in [1.165, 1.54) is 53.4 Å². The zero-order chi connectivity index (χ0) is 22.3. The Morgan fingerprint density at radius 2 is 1.94 bits per heavy atom. The van der Waals surface area contributed by atoms with Gasteiger partial charge in [0.25, 0.3) is 11.8 Å². The fraction of sp³-hybridized carbons (Fsp3) is 0.286. The third kappa shape index (κ3) is 4.85. The SMILES string of the molecule is C.Cc1cc(N2C[C@H](C)n3ncc(C(=O)Nc4cnccn4)c3C2=O)ccc1C(F)(F)F.S. The quantitative estimate of drug-likeness (QED) is 0.606. The maximum absolute atomic E-state index is 13.2. The zero-order valence-electron chi connectivity index (χ0n) is 17.0. The van der Waals surface area contributed by atoms with Crippen molar-refractivity contribution in [3.05, 3.63) is 65.4 Å². The van der Waals surface area contributed by atoms with Gasteiger partial charge in [-0.3, -0.25) is 19.3 Å². The average Bonchev–Trinajstić information content (AvgIpc) is 3.17. The summed E-state index contributed by atoms with van der Waals surface area (Å²) < 4.78 is 40.7. The second-order valence-electron chi connectivity index (χ2n) is 7.16. The molecular formula is C21H23F3N6O2S. The number of carbonyl (C=O) groups is 2. The Labute approximate surface area is 195 Å². The Morgan fingerprint density at radius 3 is 2.55 bits per heavy atom. The van der Waals surface area contributed by atoms with E-state index in [9.17, 15) is 22.8 Å². The number of nitrogens with zero attached hydrogens (tertiary/aromatic N) is 5. The molecule has 0 fully saturated rings. The van der Waals surface area contributed by atoms with Gasteiger partial charge in [0.05, 0.1) is 29.6 Å². The van der Waals surface area contributed by atoms with Gasteiger partial charge in [0.2, 0.25) is 0 Å². The van der Waals surface area contributed by atoms with Crippen LogP contribution in [0.2, 0.25) is 0 Å². The standard InChI is InChI=1S/C20H17F3N6O2.CH4.H2S/c1-11-7-13(3-4-15(11)20(21,22)23)28-10-12(2)29-17(19(28)31)14(8-26-29)18(30)27-16-9-24-5-6-25-16;;/h3-9,12H,10H2,1-2H3,(H,25,27,30);1H4;1H2/t12-;;/m0../s1. The van der Waals surface area contributed by atoms with E-state index in [0.29, 0.717) is 5.69 Å². The molecule has 1 aromatic carbocycles. The van der Waals surface area contributed by atoms with E-state index in [-0.39, 0.29) is 56.1 Å². The van der Waals surface area contributed by atoms with E-state index in [2.05, 4.69) is 20.4 Å². The van der Waals surface area contributed by atoms with Crippen molar-refractivity contribution < 1.29 is 22.8 Å². The Balaban J connectivity index is 0.00000193. The van der Waals surface area contributed by atoms with Crippen LogP contribution in [0.4, 0.5) is 24.7 Å². The lowest BCUT2D eigenvalue weighted by atomic mass is 10.0. The van der Waals surface area contributed by atoms with E-state index in [1.807, 2.05) is 0 Å². The van der Waals surface area contributed by atoms with Crippen LogP contribution in [-0.2, 0) is 6.18 Å². The maximum atomic E-state index is 13.2. The lowest BCUT2D eigenvalue weighted by Gasteiger charge is -2.32. The number of benzene rings is 1. The molecule has 176 valence electrons. The summed E-state index contributed by atoms with van der Waals surface area (Å²) in [6.45, 7) is 3.34. The Kier molecular flexibility index (Phi) is 7.53. The first-order valence-corrected chi connectivity index (χ1v) is 9.31. The summed E-state index contributed by atoms with van der Waals surface area (Å²) in [5, 5.41) is 6.72. The summed E-state index contributed by atoms with van der Waals surface area (Å²) in [7, 11) is 0. The minimum Gasteiger partial charge on any atom is -0.305 e. The molecule has 12 heteroatoms. The monoisotopic (exact) mass is 480 g/mol. The van der Waals surface area contributed by atoms with Gasteiger partial charge in [-0.25, -0.2) is 4.98 Å². The van der Waals surface area contributed by atoms with E-state index in [4.69, 9.17) is 0 Å². The molecule has 4 rings (SSSR count). The molecule has 0 aliphatic carbocycles. The van der Waals surface area contributed by atoms with Crippen molar-refractivity contribution in [1.82, 2.24) is 19.7 Å². The number of halogens is 3. The van der Waals surface area contributed by atoms with Crippen LogP contribution in [0.15, 0.2) is 43.0 Å². The molecular weight excluding hydrogens is 457 g/mol. The molecule has 1 atom stereocenters. The van der Waals surface area contributed by atoms with Gasteiger partial charge in [-0.15, -0.1) is 0 Å². The van der Waals surface area contributed by atoms with E-state index in [1.54, 1.807) is 6.92 Å². The highest BCUT2D eigenvalue weighted by atomic mass is 32.1. The third-order valence-corrected chi connectivity index (χ3v) is 4.98. The summed E-state index contributed by atoms with van der Waals surface area (Å²) >= 11 is 0. The molecule has 33 heavy (non-hydrogen) atoms. The molecule has 3 aromatic rings.